The van der Waals surface area contributed by atoms with E-state index in [9.17, 15) is 4.79 Å². The quantitative estimate of drug-likeness (QED) is 0.182. The van der Waals surface area contributed by atoms with Crippen molar-refractivity contribution in [3.63, 3.8) is 0 Å². The van der Waals surface area contributed by atoms with E-state index in [1.165, 1.54) is 77.7 Å². The van der Waals surface area contributed by atoms with Crippen molar-refractivity contribution in [2.24, 2.45) is 0 Å². The molecule has 0 radical (unpaired) electrons. The number of hydrogen-bond donors (Lipinski definition) is 0. The zero-order valence-corrected chi connectivity index (χ0v) is 16.9. The van der Waals surface area contributed by atoms with Crippen LogP contribution in [0.15, 0.2) is 0 Å². The van der Waals surface area contributed by atoms with Crippen LogP contribution in [0, 0.1) is 0 Å². The van der Waals surface area contributed by atoms with E-state index in [0.29, 0.717) is 0 Å². The van der Waals surface area contributed by atoms with Crippen molar-refractivity contribution in [3.8, 4) is 0 Å². The van der Waals surface area contributed by atoms with Gasteiger partial charge in [0.05, 0.1) is 7.11 Å². The third-order valence-electron chi connectivity index (χ3n) is 3.83. The van der Waals surface area contributed by atoms with E-state index in [1.54, 1.807) is 0 Å². The number of carbonyl (C=O) groups is 1. The van der Waals surface area contributed by atoms with Crippen LogP contribution in [0.25, 0.3) is 0 Å². The molecule has 0 aliphatic rings. The van der Waals surface area contributed by atoms with Crippen molar-refractivity contribution < 1.29 is 9.53 Å². The van der Waals surface area contributed by atoms with E-state index in [0.717, 1.165) is 6.42 Å². The SMILES string of the molecule is CCCCCCCCCCCCCC(Br)C(Br)C(=O)OC. The zero-order valence-electron chi connectivity index (χ0n) is 13.7. The molecule has 0 saturated heterocycles. The summed E-state index contributed by atoms with van der Waals surface area (Å²) >= 11 is 6.94. The summed E-state index contributed by atoms with van der Waals surface area (Å²) in [6, 6.07) is 0. The van der Waals surface area contributed by atoms with Gasteiger partial charge in [0.1, 0.15) is 4.83 Å². The number of halogens is 2. The Morgan fingerprint density at radius 1 is 0.857 bits per heavy atom. The lowest BCUT2D eigenvalue weighted by molar-refractivity contribution is -0.139. The van der Waals surface area contributed by atoms with Crippen LogP contribution in [0.2, 0.25) is 0 Å². The Labute approximate surface area is 148 Å². The molecule has 0 heterocycles. The molecule has 0 bridgehead atoms. The summed E-state index contributed by atoms with van der Waals surface area (Å²) in [4.78, 5) is 11.3. The summed E-state index contributed by atoms with van der Waals surface area (Å²) in [5, 5.41) is 0. The normalized spacial score (nSPS) is 13.9. The third-order valence-corrected chi connectivity index (χ3v) is 6.54. The van der Waals surface area contributed by atoms with Crippen molar-refractivity contribution in [2.75, 3.05) is 7.11 Å². The van der Waals surface area contributed by atoms with Crippen LogP contribution in [0.3, 0.4) is 0 Å². The molecule has 0 fully saturated rings. The molecular weight excluding hydrogens is 396 g/mol. The summed E-state index contributed by atoms with van der Waals surface area (Å²) in [6.07, 6.45) is 15.9. The monoisotopic (exact) mass is 426 g/mol. The lowest BCUT2D eigenvalue weighted by Gasteiger charge is -2.14. The lowest BCUT2D eigenvalue weighted by atomic mass is 10.0. The first kappa shape index (κ1) is 21.4. The van der Waals surface area contributed by atoms with Crippen LogP contribution >= 0.6 is 31.9 Å². The highest BCUT2D eigenvalue weighted by Crippen LogP contribution is 2.22. The first-order valence-corrected chi connectivity index (χ1v) is 10.3. The van der Waals surface area contributed by atoms with Crippen LogP contribution in [0.5, 0.6) is 0 Å². The average Bonchev–Trinajstić information content (AvgIpc) is 2.50. The molecule has 0 aromatic carbocycles. The summed E-state index contributed by atoms with van der Waals surface area (Å²) in [5.41, 5.74) is 0. The van der Waals surface area contributed by atoms with Gasteiger partial charge in [0, 0.05) is 4.83 Å². The third kappa shape index (κ3) is 12.6. The second kappa shape index (κ2) is 15.3. The topological polar surface area (TPSA) is 26.3 Å². The van der Waals surface area contributed by atoms with Gasteiger partial charge < -0.3 is 4.74 Å². The fourth-order valence-corrected chi connectivity index (χ4v) is 3.40. The first-order chi connectivity index (χ1) is 10.1. The maximum Gasteiger partial charge on any atom is 0.320 e. The second-order valence-corrected chi connectivity index (χ2v) is 7.93. The van der Waals surface area contributed by atoms with Crippen molar-refractivity contribution in [3.05, 3.63) is 0 Å². The number of methoxy groups -OCH3 is 1. The van der Waals surface area contributed by atoms with Gasteiger partial charge in [-0.2, -0.15) is 0 Å². The van der Waals surface area contributed by atoms with E-state index in [-0.39, 0.29) is 15.6 Å². The number of alkyl halides is 2. The van der Waals surface area contributed by atoms with Crippen molar-refractivity contribution in [1.82, 2.24) is 0 Å². The number of esters is 1. The molecule has 0 aromatic heterocycles. The summed E-state index contributed by atoms with van der Waals surface area (Å²) < 4.78 is 4.72. The van der Waals surface area contributed by atoms with Crippen LogP contribution in [0.1, 0.15) is 84.0 Å². The maximum atomic E-state index is 11.4. The highest BCUT2D eigenvalue weighted by Gasteiger charge is 2.23. The van der Waals surface area contributed by atoms with Gasteiger partial charge in [-0.3, -0.25) is 4.79 Å². The molecule has 0 amide bonds. The summed E-state index contributed by atoms with van der Waals surface area (Å²) in [5.74, 6) is -0.194. The van der Waals surface area contributed by atoms with E-state index >= 15 is 0 Å². The minimum atomic E-state index is -0.231. The number of unbranched alkanes of at least 4 members (excludes halogenated alkanes) is 10. The van der Waals surface area contributed by atoms with Gasteiger partial charge in [-0.25, -0.2) is 0 Å². The van der Waals surface area contributed by atoms with Crippen LogP contribution in [-0.2, 0) is 9.53 Å². The van der Waals surface area contributed by atoms with Gasteiger partial charge in [-0.05, 0) is 6.42 Å². The molecule has 2 nitrogen and oxygen atoms in total. The van der Waals surface area contributed by atoms with Crippen LogP contribution in [0.4, 0.5) is 0 Å². The first-order valence-electron chi connectivity index (χ1n) is 8.49. The van der Waals surface area contributed by atoms with Gasteiger partial charge >= 0.3 is 5.97 Å². The highest BCUT2D eigenvalue weighted by molar-refractivity contribution is 9.12. The van der Waals surface area contributed by atoms with Gasteiger partial charge in [0.2, 0.25) is 0 Å². The number of carbonyl (C=O) groups excluding carboxylic acids is 1. The van der Waals surface area contributed by atoms with E-state index in [2.05, 4.69) is 38.8 Å². The second-order valence-electron chi connectivity index (χ2n) is 5.77. The van der Waals surface area contributed by atoms with Crippen LogP contribution in [-0.4, -0.2) is 22.7 Å². The predicted molar refractivity (Wildman–Crippen MR) is 98.5 cm³/mol. The predicted octanol–water partition coefficient (Wildman–Crippen LogP) is 6.39. The minimum Gasteiger partial charge on any atom is -0.468 e. The fraction of sp³-hybridized carbons (Fsp3) is 0.941. The Bertz CT molecular complexity index is 247. The standard InChI is InChI=1S/C17H32Br2O2/c1-3-4-5-6-7-8-9-10-11-12-13-14-15(18)16(19)17(20)21-2/h15-16H,3-14H2,1-2H3. The van der Waals surface area contributed by atoms with E-state index in [4.69, 9.17) is 4.74 Å². The van der Waals surface area contributed by atoms with E-state index in [1.807, 2.05) is 0 Å². The number of hydrogen-bond acceptors (Lipinski definition) is 2. The molecule has 0 spiro atoms. The molecule has 21 heavy (non-hydrogen) atoms. The number of rotatable bonds is 14. The highest BCUT2D eigenvalue weighted by atomic mass is 79.9. The molecule has 126 valence electrons. The molecule has 4 heteroatoms. The lowest BCUT2D eigenvalue weighted by Crippen LogP contribution is -2.25. The molecule has 0 N–H and O–H groups in total. The van der Waals surface area contributed by atoms with Gasteiger partial charge in [0.15, 0.2) is 0 Å². The molecular formula is C17H32Br2O2. The molecule has 0 aliphatic carbocycles. The largest absolute Gasteiger partial charge is 0.468 e. The Balaban J connectivity index is 3.30. The van der Waals surface area contributed by atoms with Crippen LogP contribution < -0.4 is 0 Å². The van der Waals surface area contributed by atoms with Gasteiger partial charge in [-0.1, -0.05) is 109 Å². The zero-order chi connectivity index (χ0) is 15.9. The van der Waals surface area contributed by atoms with E-state index < -0.39 is 0 Å². The summed E-state index contributed by atoms with van der Waals surface area (Å²) in [7, 11) is 1.43. The van der Waals surface area contributed by atoms with Gasteiger partial charge in [-0.15, -0.1) is 0 Å². The Kier molecular flexibility index (Phi) is 15.6. The molecule has 2 unspecified atom stereocenters. The molecule has 0 rings (SSSR count). The smallest absolute Gasteiger partial charge is 0.320 e. The fourth-order valence-electron chi connectivity index (χ4n) is 2.41. The summed E-state index contributed by atoms with van der Waals surface area (Å²) in [6.45, 7) is 2.26. The van der Waals surface area contributed by atoms with Crippen molar-refractivity contribution in [2.45, 2.75) is 93.6 Å². The number of ether oxygens (including phenoxy) is 1. The average molecular weight is 428 g/mol. The molecule has 0 aromatic rings. The molecule has 0 saturated carbocycles. The maximum absolute atomic E-state index is 11.4. The molecule has 2 atom stereocenters. The van der Waals surface area contributed by atoms with Gasteiger partial charge in [0.25, 0.3) is 0 Å². The Hall–Kier alpha value is 0.430. The minimum absolute atomic E-state index is 0.170. The Morgan fingerprint density at radius 2 is 1.29 bits per heavy atom. The Morgan fingerprint density at radius 3 is 1.71 bits per heavy atom. The molecule has 0 aliphatic heterocycles. The van der Waals surface area contributed by atoms with Crippen molar-refractivity contribution >= 4 is 37.8 Å². The van der Waals surface area contributed by atoms with Crippen molar-refractivity contribution in [1.29, 1.82) is 0 Å².